The monoisotopic (exact) mass is 351 g/mol. The fourth-order valence-corrected chi connectivity index (χ4v) is 2.27. The van der Waals surface area contributed by atoms with Gasteiger partial charge in [0, 0.05) is 6.54 Å². The molecule has 0 radical (unpaired) electrons. The third kappa shape index (κ3) is 4.98. The molecular weight excluding hydrogens is 332 g/mol. The molecule has 0 saturated carbocycles. The first-order valence-corrected chi connectivity index (χ1v) is 7.65. The van der Waals surface area contributed by atoms with Crippen molar-refractivity contribution in [3.63, 3.8) is 0 Å². The highest BCUT2D eigenvalue weighted by atomic mass is 19.2. The van der Waals surface area contributed by atoms with Gasteiger partial charge >= 0.3 is 6.09 Å². The molecule has 2 unspecified atom stereocenters. The molecule has 2 aromatic rings. The molecule has 134 valence electrons. The highest BCUT2D eigenvalue weighted by Crippen LogP contribution is 2.24. The van der Waals surface area contributed by atoms with Gasteiger partial charge in [-0.3, -0.25) is 0 Å². The molecule has 5 nitrogen and oxygen atoms in total. The summed E-state index contributed by atoms with van der Waals surface area (Å²) in [5, 5.41) is 22.3. The molecule has 2 aromatic carbocycles. The first-order valence-electron chi connectivity index (χ1n) is 7.65. The number of aliphatic hydroxyl groups excluding tert-OH is 2. The fraction of sp³-hybridized carbons (Fsp3) is 0.278. The van der Waals surface area contributed by atoms with Gasteiger partial charge in [-0.25, -0.2) is 13.6 Å². The molecule has 0 bridgehead atoms. The molecule has 0 fully saturated rings. The van der Waals surface area contributed by atoms with Gasteiger partial charge < -0.3 is 20.3 Å². The van der Waals surface area contributed by atoms with Crippen molar-refractivity contribution in [2.45, 2.75) is 25.7 Å². The van der Waals surface area contributed by atoms with Crippen LogP contribution in [0.4, 0.5) is 13.6 Å². The zero-order valence-electron chi connectivity index (χ0n) is 13.6. The smallest absolute Gasteiger partial charge is 0.407 e. The van der Waals surface area contributed by atoms with Crippen molar-refractivity contribution in [2.75, 3.05) is 6.54 Å². The van der Waals surface area contributed by atoms with Crippen molar-refractivity contribution in [3.05, 3.63) is 70.8 Å². The number of rotatable bonds is 6. The van der Waals surface area contributed by atoms with Crippen LogP contribution in [0.3, 0.4) is 0 Å². The van der Waals surface area contributed by atoms with Gasteiger partial charge in [0.25, 0.3) is 0 Å². The first-order chi connectivity index (χ1) is 11.9. The van der Waals surface area contributed by atoms with Gasteiger partial charge in [0.15, 0.2) is 11.6 Å². The number of hydrogen-bond acceptors (Lipinski definition) is 4. The molecule has 2 atom stereocenters. The van der Waals surface area contributed by atoms with Gasteiger partial charge in [0.1, 0.15) is 18.8 Å². The lowest BCUT2D eigenvalue weighted by molar-refractivity contribution is 0.0178. The number of amides is 1. The second-order valence-corrected chi connectivity index (χ2v) is 5.53. The highest BCUT2D eigenvalue weighted by Gasteiger charge is 2.23. The van der Waals surface area contributed by atoms with Gasteiger partial charge in [-0.05, 0) is 29.7 Å². The van der Waals surface area contributed by atoms with Crippen molar-refractivity contribution in [1.82, 2.24) is 5.32 Å². The molecule has 0 heterocycles. The van der Waals surface area contributed by atoms with Crippen molar-refractivity contribution in [1.29, 1.82) is 0 Å². The van der Waals surface area contributed by atoms with Crippen LogP contribution in [0.1, 0.15) is 22.8 Å². The molecule has 1 amide bonds. The van der Waals surface area contributed by atoms with Crippen LogP contribution in [0.15, 0.2) is 42.5 Å². The molecule has 0 aliphatic carbocycles. The average Bonchev–Trinajstić information content (AvgIpc) is 2.63. The second-order valence-electron chi connectivity index (χ2n) is 5.53. The Labute approximate surface area is 143 Å². The van der Waals surface area contributed by atoms with Crippen LogP contribution >= 0.6 is 0 Å². The number of carbonyl (C=O) groups is 1. The van der Waals surface area contributed by atoms with Crippen molar-refractivity contribution in [3.8, 4) is 0 Å². The minimum atomic E-state index is -1.48. The molecule has 3 N–H and O–H groups in total. The van der Waals surface area contributed by atoms with E-state index < -0.39 is 29.9 Å². The predicted molar refractivity (Wildman–Crippen MR) is 86.7 cm³/mol. The molecule has 0 spiro atoms. The van der Waals surface area contributed by atoms with E-state index in [1.807, 2.05) is 6.07 Å². The van der Waals surface area contributed by atoms with Crippen LogP contribution in [-0.4, -0.2) is 29.0 Å². The summed E-state index contributed by atoms with van der Waals surface area (Å²) in [5.41, 5.74) is 0.750. The Morgan fingerprint density at radius 2 is 1.84 bits per heavy atom. The zero-order valence-corrected chi connectivity index (χ0v) is 13.6. The lowest BCUT2D eigenvalue weighted by atomic mass is 9.99. The van der Waals surface area contributed by atoms with E-state index in [2.05, 4.69) is 5.32 Å². The predicted octanol–water partition coefficient (Wildman–Crippen LogP) is 2.59. The lowest BCUT2D eigenvalue weighted by Gasteiger charge is -2.20. The molecule has 0 saturated heterocycles. The fourth-order valence-electron chi connectivity index (χ4n) is 2.27. The minimum Gasteiger partial charge on any atom is -0.445 e. The maximum absolute atomic E-state index is 13.5. The largest absolute Gasteiger partial charge is 0.445 e. The van der Waals surface area contributed by atoms with E-state index in [4.69, 9.17) is 4.74 Å². The van der Waals surface area contributed by atoms with E-state index in [-0.39, 0.29) is 24.3 Å². The molecule has 0 aliphatic heterocycles. The molecule has 7 heteroatoms. The molecule has 0 aromatic heterocycles. The van der Waals surface area contributed by atoms with Gasteiger partial charge in [0.05, 0.1) is 0 Å². The standard InChI is InChI=1S/C18H19F2NO4/c1-11-13(7-8-14(19)16(11)20)17(23)15(22)9-21-18(24)25-10-12-5-3-2-4-6-12/h2-8,15,17,22-23H,9-10H2,1H3,(H,21,24). The Hall–Kier alpha value is -2.51. The third-order valence-electron chi connectivity index (χ3n) is 3.73. The Morgan fingerprint density at radius 3 is 2.52 bits per heavy atom. The van der Waals surface area contributed by atoms with Crippen LogP contribution in [0, 0.1) is 18.6 Å². The Bertz CT molecular complexity index is 725. The van der Waals surface area contributed by atoms with E-state index in [9.17, 15) is 23.8 Å². The maximum Gasteiger partial charge on any atom is 0.407 e. The summed E-state index contributed by atoms with van der Waals surface area (Å²) in [4.78, 5) is 11.6. The van der Waals surface area contributed by atoms with Gasteiger partial charge in [0.2, 0.25) is 0 Å². The van der Waals surface area contributed by atoms with E-state index in [0.717, 1.165) is 11.6 Å². The average molecular weight is 351 g/mol. The summed E-state index contributed by atoms with van der Waals surface area (Å²) in [5.74, 6) is -2.12. The summed E-state index contributed by atoms with van der Waals surface area (Å²) in [6.07, 6.45) is -3.66. The minimum absolute atomic E-state index is 0.0471. The quantitative estimate of drug-likeness (QED) is 0.747. The van der Waals surface area contributed by atoms with Crippen molar-refractivity contribution < 1.29 is 28.5 Å². The zero-order chi connectivity index (χ0) is 18.4. The van der Waals surface area contributed by atoms with Crippen LogP contribution in [0.5, 0.6) is 0 Å². The van der Waals surface area contributed by atoms with Crippen molar-refractivity contribution >= 4 is 6.09 Å². The molecular formula is C18H19F2NO4. The number of nitrogens with one attached hydrogen (secondary N) is 1. The topological polar surface area (TPSA) is 78.8 Å². The van der Waals surface area contributed by atoms with Crippen LogP contribution in [0.2, 0.25) is 0 Å². The second kappa shape index (κ2) is 8.55. The SMILES string of the molecule is Cc1c(C(O)C(O)CNC(=O)OCc2ccccc2)ccc(F)c1F. The van der Waals surface area contributed by atoms with Gasteiger partial charge in [-0.1, -0.05) is 36.4 Å². The first kappa shape index (κ1) is 18.8. The lowest BCUT2D eigenvalue weighted by Crippen LogP contribution is -2.36. The summed E-state index contributed by atoms with van der Waals surface area (Å²) < 4.78 is 31.6. The van der Waals surface area contributed by atoms with E-state index in [0.29, 0.717) is 0 Å². The summed E-state index contributed by atoms with van der Waals surface area (Å²) >= 11 is 0. The number of halogens is 2. The van der Waals surface area contributed by atoms with Crippen LogP contribution < -0.4 is 5.32 Å². The van der Waals surface area contributed by atoms with Crippen molar-refractivity contribution in [2.24, 2.45) is 0 Å². The summed E-state index contributed by atoms with van der Waals surface area (Å²) in [6.45, 7) is 1.05. The number of hydrogen-bond donors (Lipinski definition) is 3. The Kier molecular flexibility index (Phi) is 6.44. The van der Waals surface area contributed by atoms with E-state index >= 15 is 0 Å². The molecule has 25 heavy (non-hydrogen) atoms. The number of aliphatic hydroxyl groups is 2. The number of alkyl carbamates (subject to hydrolysis) is 1. The van der Waals surface area contributed by atoms with Gasteiger partial charge in [-0.15, -0.1) is 0 Å². The molecule has 2 rings (SSSR count). The van der Waals surface area contributed by atoms with E-state index in [1.165, 1.54) is 13.0 Å². The number of ether oxygens (including phenoxy) is 1. The maximum atomic E-state index is 13.5. The number of benzene rings is 2. The number of carbonyl (C=O) groups excluding carboxylic acids is 1. The van der Waals surface area contributed by atoms with Crippen LogP contribution in [0.25, 0.3) is 0 Å². The summed E-state index contributed by atoms with van der Waals surface area (Å²) in [6, 6.07) is 11.1. The third-order valence-corrected chi connectivity index (χ3v) is 3.73. The summed E-state index contributed by atoms with van der Waals surface area (Å²) in [7, 11) is 0. The van der Waals surface area contributed by atoms with E-state index in [1.54, 1.807) is 24.3 Å². The van der Waals surface area contributed by atoms with Gasteiger partial charge in [-0.2, -0.15) is 0 Å². The highest BCUT2D eigenvalue weighted by molar-refractivity contribution is 5.67. The molecule has 0 aliphatic rings. The Morgan fingerprint density at radius 1 is 1.16 bits per heavy atom. The van der Waals surface area contributed by atoms with Crippen LogP contribution in [-0.2, 0) is 11.3 Å². The Balaban J connectivity index is 1.86. The normalized spacial score (nSPS) is 13.2.